The van der Waals surface area contributed by atoms with Crippen LogP contribution in [-0.2, 0) is 0 Å². The molecule has 0 amide bonds. The van der Waals surface area contributed by atoms with Gasteiger partial charge in [-0.05, 0) is 23.4 Å². The molecule has 1 aromatic carbocycles. The molecule has 0 bridgehead atoms. The van der Waals surface area contributed by atoms with E-state index in [-0.39, 0.29) is 6.01 Å². The van der Waals surface area contributed by atoms with Crippen molar-refractivity contribution < 1.29 is 4.42 Å². The Morgan fingerprint density at radius 1 is 1.33 bits per heavy atom. The number of nitrogen functional groups attached to an aromatic ring is 1. The van der Waals surface area contributed by atoms with Crippen molar-refractivity contribution in [3.63, 3.8) is 0 Å². The van der Waals surface area contributed by atoms with Gasteiger partial charge < -0.3 is 10.2 Å². The lowest BCUT2D eigenvalue weighted by atomic mass is 10.2. The number of tetrazole rings is 1. The SMILES string of the molecule is Nc1nc2ccc(-c3nn[nH]n3)cc2o1. The van der Waals surface area contributed by atoms with Gasteiger partial charge in [0.15, 0.2) is 5.58 Å². The van der Waals surface area contributed by atoms with Crippen LogP contribution in [0.25, 0.3) is 22.5 Å². The molecule has 74 valence electrons. The zero-order valence-electron chi connectivity index (χ0n) is 7.51. The summed E-state index contributed by atoms with van der Waals surface area (Å²) in [5.74, 6) is 0.506. The Morgan fingerprint density at radius 2 is 2.27 bits per heavy atom. The van der Waals surface area contributed by atoms with E-state index >= 15 is 0 Å². The molecule has 0 aliphatic heterocycles. The highest BCUT2D eigenvalue weighted by atomic mass is 16.4. The van der Waals surface area contributed by atoms with Gasteiger partial charge in [-0.15, -0.1) is 10.2 Å². The summed E-state index contributed by atoms with van der Waals surface area (Å²) in [5.41, 5.74) is 7.54. The van der Waals surface area contributed by atoms with Crippen molar-refractivity contribution in [1.82, 2.24) is 25.6 Å². The van der Waals surface area contributed by atoms with Crippen LogP contribution in [0, 0.1) is 0 Å². The highest BCUT2D eigenvalue weighted by molar-refractivity contribution is 5.79. The minimum absolute atomic E-state index is 0.148. The van der Waals surface area contributed by atoms with Crippen molar-refractivity contribution in [3.05, 3.63) is 18.2 Å². The predicted octanol–water partition coefficient (Wildman–Crippen LogP) is 0.590. The Kier molecular flexibility index (Phi) is 1.46. The fourth-order valence-corrected chi connectivity index (χ4v) is 1.37. The number of hydrogen-bond donors (Lipinski definition) is 2. The van der Waals surface area contributed by atoms with Gasteiger partial charge in [-0.1, -0.05) is 0 Å². The van der Waals surface area contributed by atoms with Crippen molar-refractivity contribution >= 4 is 17.1 Å². The van der Waals surface area contributed by atoms with Crippen molar-refractivity contribution in [3.8, 4) is 11.4 Å². The molecule has 0 saturated carbocycles. The summed E-state index contributed by atoms with van der Waals surface area (Å²) in [7, 11) is 0. The largest absolute Gasteiger partial charge is 0.424 e. The van der Waals surface area contributed by atoms with Crippen LogP contribution in [0.5, 0.6) is 0 Å². The topological polar surface area (TPSA) is 107 Å². The van der Waals surface area contributed by atoms with E-state index in [4.69, 9.17) is 10.2 Å². The van der Waals surface area contributed by atoms with Crippen LogP contribution in [0.2, 0.25) is 0 Å². The number of aromatic amines is 1. The minimum Gasteiger partial charge on any atom is -0.424 e. The lowest BCUT2D eigenvalue weighted by molar-refractivity contribution is 0.626. The third-order valence-electron chi connectivity index (χ3n) is 2.01. The maximum absolute atomic E-state index is 5.43. The van der Waals surface area contributed by atoms with Gasteiger partial charge in [0.2, 0.25) is 5.82 Å². The predicted molar refractivity (Wildman–Crippen MR) is 51.6 cm³/mol. The molecule has 0 atom stereocenters. The molecule has 0 spiro atoms. The quantitative estimate of drug-likeness (QED) is 0.598. The van der Waals surface area contributed by atoms with Crippen LogP contribution in [0.15, 0.2) is 22.6 Å². The molecular formula is C8H6N6O. The van der Waals surface area contributed by atoms with Crippen LogP contribution in [0.1, 0.15) is 0 Å². The average molecular weight is 202 g/mol. The summed E-state index contributed by atoms with van der Waals surface area (Å²) in [6, 6.07) is 5.54. The first-order chi connectivity index (χ1) is 7.33. The number of aromatic nitrogens is 5. The molecule has 0 unspecified atom stereocenters. The molecule has 0 aliphatic carbocycles. The van der Waals surface area contributed by atoms with E-state index < -0.39 is 0 Å². The van der Waals surface area contributed by atoms with Gasteiger partial charge in [0.05, 0.1) is 0 Å². The van der Waals surface area contributed by atoms with Gasteiger partial charge in [-0.25, -0.2) is 0 Å². The number of nitrogens with zero attached hydrogens (tertiary/aromatic N) is 4. The number of benzene rings is 1. The number of rotatable bonds is 1. The lowest BCUT2D eigenvalue weighted by Crippen LogP contribution is -1.81. The number of oxazole rings is 1. The third-order valence-corrected chi connectivity index (χ3v) is 2.01. The van der Waals surface area contributed by atoms with Crippen LogP contribution in [0.3, 0.4) is 0 Å². The molecule has 3 aromatic rings. The van der Waals surface area contributed by atoms with Crippen LogP contribution >= 0.6 is 0 Å². The number of anilines is 1. The second kappa shape index (κ2) is 2.77. The maximum atomic E-state index is 5.43. The number of fused-ring (bicyclic) bond motifs is 1. The first-order valence-electron chi connectivity index (χ1n) is 4.23. The summed E-state index contributed by atoms with van der Waals surface area (Å²) in [6.07, 6.45) is 0. The number of nitrogens with two attached hydrogens (primary N) is 1. The van der Waals surface area contributed by atoms with Crippen LogP contribution in [0.4, 0.5) is 6.01 Å². The first-order valence-corrected chi connectivity index (χ1v) is 4.23. The van der Waals surface area contributed by atoms with Gasteiger partial charge in [0.1, 0.15) is 5.52 Å². The second-order valence-corrected chi connectivity index (χ2v) is 2.97. The van der Waals surface area contributed by atoms with E-state index in [0.29, 0.717) is 16.9 Å². The van der Waals surface area contributed by atoms with Crippen molar-refractivity contribution in [2.75, 3.05) is 5.73 Å². The van der Waals surface area contributed by atoms with E-state index in [0.717, 1.165) is 5.56 Å². The van der Waals surface area contributed by atoms with E-state index in [2.05, 4.69) is 25.6 Å². The smallest absolute Gasteiger partial charge is 0.292 e. The molecule has 0 radical (unpaired) electrons. The normalized spacial score (nSPS) is 10.9. The van der Waals surface area contributed by atoms with E-state index in [1.807, 2.05) is 6.07 Å². The second-order valence-electron chi connectivity index (χ2n) is 2.97. The number of nitrogens with one attached hydrogen (secondary N) is 1. The Hall–Kier alpha value is -2.44. The molecule has 3 rings (SSSR count). The van der Waals surface area contributed by atoms with Crippen molar-refractivity contribution in [2.45, 2.75) is 0 Å². The molecule has 7 heteroatoms. The van der Waals surface area contributed by atoms with Gasteiger partial charge >= 0.3 is 0 Å². The summed E-state index contributed by atoms with van der Waals surface area (Å²) in [6.45, 7) is 0. The van der Waals surface area contributed by atoms with Gasteiger partial charge in [0, 0.05) is 5.56 Å². The zero-order valence-corrected chi connectivity index (χ0v) is 7.51. The maximum Gasteiger partial charge on any atom is 0.292 e. The van der Waals surface area contributed by atoms with Crippen LogP contribution < -0.4 is 5.73 Å². The monoisotopic (exact) mass is 202 g/mol. The Labute approximate surface area is 83.3 Å². The number of hydrogen-bond acceptors (Lipinski definition) is 6. The molecule has 2 aromatic heterocycles. The Bertz CT molecular complexity index is 599. The van der Waals surface area contributed by atoms with E-state index in [1.165, 1.54) is 0 Å². The Morgan fingerprint density at radius 3 is 3.07 bits per heavy atom. The first kappa shape index (κ1) is 7.92. The molecule has 3 N–H and O–H groups in total. The van der Waals surface area contributed by atoms with E-state index in [1.54, 1.807) is 12.1 Å². The molecular weight excluding hydrogens is 196 g/mol. The van der Waals surface area contributed by atoms with Gasteiger partial charge in [0.25, 0.3) is 6.01 Å². The molecule has 0 fully saturated rings. The Balaban J connectivity index is 2.21. The molecule has 0 aliphatic rings. The van der Waals surface area contributed by atoms with Gasteiger partial charge in [-0.3, -0.25) is 0 Å². The van der Waals surface area contributed by atoms with Crippen molar-refractivity contribution in [2.24, 2.45) is 0 Å². The number of H-pyrrole nitrogens is 1. The summed E-state index contributed by atoms with van der Waals surface area (Å²) in [5, 5.41) is 13.6. The minimum atomic E-state index is 0.148. The molecule has 0 saturated heterocycles. The highest BCUT2D eigenvalue weighted by Gasteiger charge is 2.07. The van der Waals surface area contributed by atoms with Crippen LogP contribution in [-0.4, -0.2) is 25.6 Å². The lowest BCUT2D eigenvalue weighted by Gasteiger charge is -1.91. The third kappa shape index (κ3) is 1.21. The standard InChI is InChI=1S/C8H6N6O/c9-8-10-5-2-1-4(3-6(5)15-8)7-11-13-14-12-7/h1-3H,(H2,9,10)(H,11,12,13,14). The fraction of sp³-hybridized carbons (Fsp3) is 0. The molecule has 2 heterocycles. The molecule has 15 heavy (non-hydrogen) atoms. The molecule has 7 nitrogen and oxygen atoms in total. The fourth-order valence-electron chi connectivity index (χ4n) is 1.37. The average Bonchev–Trinajstić information content (AvgIpc) is 2.82. The van der Waals surface area contributed by atoms with Crippen molar-refractivity contribution in [1.29, 1.82) is 0 Å². The van der Waals surface area contributed by atoms with E-state index in [9.17, 15) is 0 Å². The summed E-state index contributed by atoms with van der Waals surface area (Å²) in [4.78, 5) is 3.98. The van der Waals surface area contributed by atoms with Gasteiger partial charge in [-0.2, -0.15) is 10.2 Å². The zero-order chi connectivity index (χ0) is 10.3. The summed E-state index contributed by atoms with van der Waals surface area (Å²) >= 11 is 0. The summed E-state index contributed by atoms with van der Waals surface area (Å²) < 4.78 is 5.19. The highest BCUT2D eigenvalue weighted by Crippen LogP contribution is 2.22.